The Hall–Kier alpha value is -0.610. The van der Waals surface area contributed by atoms with Gasteiger partial charge >= 0.3 is 0 Å². The van der Waals surface area contributed by atoms with Crippen molar-refractivity contribution in [2.45, 2.75) is 57.0 Å². The molecule has 4 saturated carbocycles. The Morgan fingerprint density at radius 2 is 1.74 bits per heavy atom. The van der Waals surface area contributed by atoms with Crippen LogP contribution in [-0.2, 0) is 4.79 Å². The van der Waals surface area contributed by atoms with Gasteiger partial charge in [-0.2, -0.15) is 0 Å². The predicted octanol–water partition coefficient (Wildman–Crippen LogP) is 1.95. The molecule has 1 N–H and O–H groups in total. The van der Waals surface area contributed by atoms with Gasteiger partial charge in [-0.25, -0.2) is 0 Å². The Kier molecular flexibility index (Phi) is 4.39. The van der Waals surface area contributed by atoms with E-state index in [1.807, 2.05) is 0 Å². The van der Waals surface area contributed by atoms with Gasteiger partial charge < -0.3 is 10.2 Å². The highest BCUT2D eigenvalue weighted by molar-refractivity contribution is 5.82. The molecule has 5 fully saturated rings. The minimum Gasteiger partial charge on any atom is -0.351 e. The number of likely N-dealkylation sites (N-methyl/N-ethyl adjacent to an activating group) is 1. The highest BCUT2D eigenvalue weighted by Crippen LogP contribution is 2.53. The minimum absolute atomic E-state index is 0.132. The summed E-state index contributed by atoms with van der Waals surface area (Å²) < 4.78 is 0. The van der Waals surface area contributed by atoms with E-state index in [1.165, 1.54) is 38.5 Å². The molecular weight excluding hydrogens is 286 g/mol. The quantitative estimate of drug-likeness (QED) is 0.841. The molecule has 4 aliphatic carbocycles. The van der Waals surface area contributed by atoms with Crippen molar-refractivity contribution in [2.24, 2.45) is 23.7 Å². The molecule has 5 rings (SSSR count). The van der Waals surface area contributed by atoms with Gasteiger partial charge in [0.1, 0.15) is 0 Å². The molecular formula is C19H33N3O. The maximum absolute atomic E-state index is 12.9. The average Bonchev–Trinajstić information content (AvgIpc) is 2.96. The van der Waals surface area contributed by atoms with Crippen molar-refractivity contribution in [1.29, 1.82) is 0 Å². The van der Waals surface area contributed by atoms with Crippen molar-refractivity contribution >= 4 is 5.91 Å². The van der Waals surface area contributed by atoms with Crippen molar-refractivity contribution < 1.29 is 4.79 Å². The zero-order valence-corrected chi connectivity index (χ0v) is 14.8. The molecule has 0 aromatic carbocycles. The first kappa shape index (κ1) is 15.9. The lowest BCUT2D eigenvalue weighted by atomic mass is 9.54. The molecule has 0 radical (unpaired) electrons. The number of carbonyl (C=O) groups excluding carboxylic acids is 1. The lowest BCUT2D eigenvalue weighted by Gasteiger charge is -2.54. The highest BCUT2D eigenvalue weighted by atomic mass is 16.2. The Morgan fingerprint density at radius 3 is 2.35 bits per heavy atom. The second-order valence-corrected chi connectivity index (χ2v) is 8.96. The zero-order chi connectivity index (χ0) is 16.0. The van der Waals surface area contributed by atoms with E-state index in [0.29, 0.717) is 11.9 Å². The fourth-order valence-electron chi connectivity index (χ4n) is 6.14. The van der Waals surface area contributed by atoms with Gasteiger partial charge in [-0.05, 0) is 89.3 Å². The summed E-state index contributed by atoms with van der Waals surface area (Å²) >= 11 is 0. The fourth-order valence-corrected chi connectivity index (χ4v) is 6.14. The van der Waals surface area contributed by atoms with E-state index in [1.54, 1.807) is 0 Å². The van der Waals surface area contributed by atoms with E-state index in [9.17, 15) is 4.79 Å². The van der Waals surface area contributed by atoms with E-state index in [-0.39, 0.29) is 6.04 Å². The summed E-state index contributed by atoms with van der Waals surface area (Å²) in [6.07, 6.45) is 9.23. The standard InChI is InChI=1S/C19H33N3O/c1-21(2)6-7-22-5-3-4-17(22)19(23)20-18-15-9-13-8-14(11-15)12-16(18)10-13/h13-18H,3-12H2,1-2H3,(H,20,23). The van der Waals surface area contributed by atoms with Crippen LogP contribution in [0, 0.1) is 23.7 Å². The topological polar surface area (TPSA) is 35.6 Å². The van der Waals surface area contributed by atoms with Crippen LogP contribution >= 0.6 is 0 Å². The van der Waals surface area contributed by atoms with E-state index in [4.69, 9.17) is 0 Å². The van der Waals surface area contributed by atoms with Crippen LogP contribution in [-0.4, -0.2) is 61.5 Å². The summed E-state index contributed by atoms with van der Waals surface area (Å²) in [6.45, 7) is 3.15. The molecule has 23 heavy (non-hydrogen) atoms. The van der Waals surface area contributed by atoms with Gasteiger partial charge in [0.25, 0.3) is 0 Å². The van der Waals surface area contributed by atoms with Crippen molar-refractivity contribution in [1.82, 2.24) is 15.1 Å². The van der Waals surface area contributed by atoms with Gasteiger partial charge in [0, 0.05) is 19.1 Å². The summed E-state index contributed by atoms with van der Waals surface area (Å²) in [4.78, 5) is 17.5. The molecule has 1 atom stereocenters. The van der Waals surface area contributed by atoms with Gasteiger partial charge in [0.05, 0.1) is 6.04 Å². The number of carbonyl (C=O) groups is 1. The lowest BCUT2D eigenvalue weighted by Crippen LogP contribution is -2.58. The first-order valence-electron chi connectivity index (χ1n) is 9.79. The molecule has 1 aliphatic heterocycles. The van der Waals surface area contributed by atoms with Gasteiger partial charge in [-0.15, -0.1) is 0 Å². The number of nitrogens with one attached hydrogen (secondary N) is 1. The van der Waals surface area contributed by atoms with Gasteiger partial charge in [-0.3, -0.25) is 9.69 Å². The van der Waals surface area contributed by atoms with Crippen LogP contribution in [0.25, 0.3) is 0 Å². The molecule has 5 aliphatic rings. The maximum Gasteiger partial charge on any atom is 0.237 e. The summed E-state index contributed by atoms with van der Waals surface area (Å²) in [5.74, 6) is 3.86. The number of rotatable bonds is 5. The number of hydrogen-bond acceptors (Lipinski definition) is 3. The van der Waals surface area contributed by atoms with Crippen LogP contribution in [0.4, 0.5) is 0 Å². The summed E-state index contributed by atoms with van der Waals surface area (Å²) in [5.41, 5.74) is 0. The van der Waals surface area contributed by atoms with Crippen LogP contribution in [0.1, 0.15) is 44.9 Å². The first-order valence-corrected chi connectivity index (χ1v) is 9.79. The van der Waals surface area contributed by atoms with Crippen LogP contribution in [0.2, 0.25) is 0 Å². The van der Waals surface area contributed by atoms with Crippen LogP contribution in [0.3, 0.4) is 0 Å². The molecule has 1 saturated heterocycles. The monoisotopic (exact) mass is 319 g/mol. The van der Waals surface area contributed by atoms with E-state index in [0.717, 1.165) is 49.7 Å². The minimum atomic E-state index is 0.132. The largest absolute Gasteiger partial charge is 0.351 e. The number of likely N-dealkylation sites (tertiary alicyclic amines) is 1. The molecule has 0 aromatic heterocycles. The first-order chi connectivity index (χ1) is 11.1. The Bertz CT molecular complexity index is 422. The molecule has 4 nitrogen and oxygen atoms in total. The van der Waals surface area contributed by atoms with Crippen molar-refractivity contribution in [3.8, 4) is 0 Å². The Balaban J connectivity index is 1.36. The molecule has 4 heteroatoms. The fraction of sp³-hybridized carbons (Fsp3) is 0.947. The predicted molar refractivity (Wildman–Crippen MR) is 92.1 cm³/mol. The van der Waals surface area contributed by atoms with Crippen LogP contribution < -0.4 is 5.32 Å². The highest BCUT2D eigenvalue weighted by Gasteiger charge is 2.49. The number of hydrogen-bond donors (Lipinski definition) is 1. The third-order valence-electron chi connectivity index (χ3n) is 7.04. The molecule has 0 spiro atoms. The van der Waals surface area contributed by atoms with Gasteiger partial charge in [0.15, 0.2) is 0 Å². The van der Waals surface area contributed by atoms with E-state index in [2.05, 4.69) is 29.2 Å². The Morgan fingerprint density at radius 1 is 1.09 bits per heavy atom. The molecule has 1 heterocycles. The van der Waals surface area contributed by atoms with Gasteiger partial charge in [0.2, 0.25) is 5.91 Å². The zero-order valence-electron chi connectivity index (χ0n) is 14.8. The third kappa shape index (κ3) is 3.17. The van der Waals surface area contributed by atoms with Crippen molar-refractivity contribution in [2.75, 3.05) is 33.7 Å². The molecule has 130 valence electrons. The average molecular weight is 319 g/mol. The van der Waals surface area contributed by atoms with E-state index >= 15 is 0 Å². The second-order valence-electron chi connectivity index (χ2n) is 8.96. The smallest absolute Gasteiger partial charge is 0.237 e. The molecule has 1 unspecified atom stereocenters. The SMILES string of the molecule is CN(C)CCN1CCCC1C(=O)NC1C2CC3CC(C2)CC1C3. The lowest BCUT2D eigenvalue weighted by molar-refractivity contribution is -0.129. The summed E-state index contributed by atoms with van der Waals surface area (Å²) in [7, 11) is 4.22. The van der Waals surface area contributed by atoms with Crippen molar-refractivity contribution in [3.05, 3.63) is 0 Å². The third-order valence-corrected chi connectivity index (χ3v) is 7.04. The van der Waals surface area contributed by atoms with Gasteiger partial charge in [-0.1, -0.05) is 0 Å². The molecule has 1 amide bonds. The summed E-state index contributed by atoms with van der Waals surface area (Å²) in [6, 6.07) is 0.624. The van der Waals surface area contributed by atoms with E-state index < -0.39 is 0 Å². The maximum atomic E-state index is 12.9. The van der Waals surface area contributed by atoms with Crippen LogP contribution in [0.15, 0.2) is 0 Å². The second kappa shape index (κ2) is 6.36. The normalized spacial score (nSPS) is 42.6. The molecule has 0 aromatic rings. The Labute approximate surface area is 141 Å². The molecule has 4 bridgehead atoms. The van der Waals surface area contributed by atoms with Crippen molar-refractivity contribution in [3.63, 3.8) is 0 Å². The summed E-state index contributed by atoms with van der Waals surface area (Å²) in [5, 5.41) is 3.53. The number of amides is 1. The number of nitrogens with zero attached hydrogens (tertiary/aromatic N) is 2. The van der Waals surface area contributed by atoms with Crippen LogP contribution in [0.5, 0.6) is 0 Å².